The molecule has 0 saturated carbocycles. The van der Waals surface area contributed by atoms with Gasteiger partial charge in [0.15, 0.2) is 5.11 Å². The lowest BCUT2D eigenvalue weighted by molar-refractivity contribution is -0.118. The van der Waals surface area contributed by atoms with Crippen LogP contribution >= 0.6 is 12.2 Å². The van der Waals surface area contributed by atoms with Gasteiger partial charge >= 0.3 is 0 Å². The zero-order chi connectivity index (χ0) is 12.3. The van der Waals surface area contributed by atoms with Crippen LogP contribution in [0.1, 0.15) is 13.8 Å². The normalized spacial score (nSPS) is 18.8. The fourth-order valence-electron chi connectivity index (χ4n) is 1.67. The highest BCUT2D eigenvalue weighted by Crippen LogP contribution is 2.12. The van der Waals surface area contributed by atoms with E-state index in [1.807, 2.05) is 49.2 Å². The molecule has 4 nitrogen and oxygen atoms in total. The van der Waals surface area contributed by atoms with E-state index in [1.54, 1.807) is 0 Å². The molecule has 0 aromatic heterocycles. The van der Waals surface area contributed by atoms with Crippen molar-refractivity contribution in [1.29, 1.82) is 0 Å². The first-order chi connectivity index (χ1) is 8.07. The highest BCUT2D eigenvalue weighted by molar-refractivity contribution is 7.80. The molecule has 0 aliphatic carbocycles. The van der Waals surface area contributed by atoms with Crippen molar-refractivity contribution in [3.8, 4) is 0 Å². The Morgan fingerprint density at radius 1 is 1.41 bits per heavy atom. The highest BCUT2D eigenvalue weighted by atomic mass is 32.1. The Labute approximate surface area is 107 Å². The molecule has 1 aliphatic rings. The quantitative estimate of drug-likeness (QED) is 0.746. The Kier molecular flexibility index (Phi) is 3.61. The van der Waals surface area contributed by atoms with Crippen LogP contribution in [0.4, 0.5) is 5.69 Å². The van der Waals surface area contributed by atoms with Gasteiger partial charge in [0.25, 0.3) is 0 Å². The number of hydrogen-bond acceptors (Lipinski definition) is 3. The lowest BCUT2D eigenvalue weighted by Gasteiger charge is -2.40. The standard InChI is InChI=1S/C12H17N3OS/c1-12(2)14-15(8-9-16-12)11(17)13-10-6-4-3-5-7-10/h3-7,14H,8-9H2,1-2H3,(H,13,17). The van der Waals surface area contributed by atoms with Gasteiger partial charge in [-0.15, -0.1) is 0 Å². The van der Waals surface area contributed by atoms with Crippen LogP contribution in [-0.4, -0.2) is 29.0 Å². The molecule has 0 radical (unpaired) electrons. The molecule has 2 N–H and O–H groups in total. The molecule has 17 heavy (non-hydrogen) atoms. The first kappa shape index (κ1) is 12.3. The predicted molar refractivity (Wildman–Crippen MR) is 72.5 cm³/mol. The third kappa shape index (κ3) is 3.39. The molecule has 0 amide bonds. The fraction of sp³-hybridized carbons (Fsp3) is 0.417. The number of hydrogen-bond donors (Lipinski definition) is 2. The van der Waals surface area contributed by atoms with E-state index in [1.165, 1.54) is 0 Å². The summed E-state index contributed by atoms with van der Waals surface area (Å²) in [5.41, 5.74) is 3.84. The van der Waals surface area contributed by atoms with Crippen LogP contribution in [0.5, 0.6) is 0 Å². The molecule has 0 atom stereocenters. The molecule has 1 fully saturated rings. The van der Waals surface area contributed by atoms with E-state index in [0.717, 1.165) is 12.2 Å². The van der Waals surface area contributed by atoms with Gasteiger partial charge in [-0.1, -0.05) is 18.2 Å². The first-order valence-electron chi connectivity index (χ1n) is 5.62. The number of thiocarbonyl (C=S) groups is 1. The Morgan fingerprint density at radius 2 is 2.12 bits per heavy atom. The van der Waals surface area contributed by atoms with Gasteiger partial charge in [0.2, 0.25) is 0 Å². The number of hydrazine groups is 1. The van der Waals surface area contributed by atoms with E-state index >= 15 is 0 Å². The summed E-state index contributed by atoms with van der Waals surface area (Å²) >= 11 is 5.36. The number of rotatable bonds is 1. The minimum absolute atomic E-state index is 0.374. The molecule has 0 bridgehead atoms. The minimum atomic E-state index is -0.374. The van der Waals surface area contributed by atoms with Crippen LogP contribution in [0.3, 0.4) is 0 Å². The van der Waals surface area contributed by atoms with Crippen LogP contribution in [-0.2, 0) is 4.74 Å². The zero-order valence-corrected chi connectivity index (χ0v) is 10.9. The van der Waals surface area contributed by atoms with E-state index in [2.05, 4.69) is 10.7 Å². The van der Waals surface area contributed by atoms with Crippen molar-refractivity contribution in [2.75, 3.05) is 18.5 Å². The van der Waals surface area contributed by atoms with Gasteiger partial charge in [-0.3, -0.25) is 5.01 Å². The SMILES string of the molecule is CC1(C)NN(C(=S)Nc2ccccc2)CCO1. The van der Waals surface area contributed by atoms with Crippen molar-refractivity contribution in [2.45, 2.75) is 19.6 Å². The maximum absolute atomic E-state index is 5.56. The summed E-state index contributed by atoms with van der Waals surface area (Å²) in [6.07, 6.45) is 0. The molecule has 0 unspecified atom stereocenters. The van der Waals surface area contributed by atoms with Crippen LogP contribution in [0.2, 0.25) is 0 Å². The van der Waals surface area contributed by atoms with Gasteiger partial charge in [0.05, 0.1) is 13.2 Å². The number of nitrogens with one attached hydrogen (secondary N) is 2. The van der Waals surface area contributed by atoms with Crippen LogP contribution in [0, 0.1) is 0 Å². The predicted octanol–water partition coefficient (Wildman–Crippen LogP) is 1.96. The van der Waals surface area contributed by atoms with E-state index < -0.39 is 0 Å². The number of para-hydroxylation sites is 1. The van der Waals surface area contributed by atoms with Crippen molar-refractivity contribution < 1.29 is 4.74 Å². The van der Waals surface area contributed by atoms with Crippen LogP contribution < -0.4 is 10.7 Å². The van der Waals surface area contributed by atoms with Gasteiger partial charge < -0.3 is 10.1 Å². The molecule has 1 aromatic rings. The molecule has 1 heterocycles. The first-order valence-corrected chi connectivity index (χ1v) is 6.03. The van der Waals surface area contributed by atoms with E-state index in [9.17, 15) is 0 Å². The molecule has 1 saturated heterocycles. The third-order valence-corrected chi connectivity index (χ3v) is 2.77. The van der Waals surface area contributed by atoms with Crippen molar-refractivity contribution in [1.82, 2.24) is 10.4 Å². The summed E-state index contributed by atoms with van der Waals surface area (Å²) in [7, 11) is 0. The van der Waals surface area contributed by atoms with Crippen molar-refractivity contribution in [3.63, 3.8) is 0 Å². The third-order valence-electron chi connectivity index (χ3n) is 2.45. The summed E-state index contributed by atoms with van der Waals surface area (Å²) in [5, 5.41) is 5.76. The molecule has 5 heteroatoms. The summed E-state index contributed by atoms with van der Waals surface area (Å²) in [4.78, 5) is 0. The second kappa shape index (κ2) is 5.00. The van der Waals surface area contributed by atoms with Crippen LogP contribution in [0.25, 0.3) is 0 Å². The highest BCUT2D eigenvalue weighted by Gasteiger charge is 2.27. The largest absolute Gasteiger partial charge is 0.358 e. The maximum Gasteiger partial charge on any atom is 0.188 e. The Bertz CT molecular complexity index is 394. The van der Waals surface area contributed by atoms with E-state index in [-0.39, 0.29) is 5.72 Å². The van der Waals surface area contributed by atoms with Crippen LogP contribution in [0.15, 0.2) is 30.3 Å². The summed E-state index contributed by atoms with van der Waals surface area (Å²) in [6.45, 7) is 5.35. The number of nitrogens with zero attached hydrogens (tertiary/aromatic N) is 1. The average molecular weight is 251 g/mol. The number of benzene rings is 1. The number of ether oxygens (including phenoxy) is 1. The lowest BCUT2D eigenvalue weighted by atomic mass is 10.3. The smallest absolute Gasteiger partial charge is 0.188 e. The van der Waals surface area contributed by atoms with E-state index in [4.69, 9.17) is 17.0 Å². The van der Waals surface area contributed by atoms with Gasteiger partial charge in [0.1, 0.15) is 5.72 Å². The van der Waals surface area contributed by atoms with Gasteiger partial charge in [-0.25, -0.2) is 5.43 Å². The Balaban J connectivity index is 1.96. The minimum Gasteiger partial charge on any atom is -0.358 e. The summed E-state index contributed by atoms with van der Waals surface area (Å²) in [5.74, 6) is 0. The number of anilines is 1. The molecule has 92 valence electrons. The Morgan fingerprint density at radius 3 is 2.76 bits per heavy atom. The zero-order valence-electron chi connectivity index (χ0n) is 10.1. The molecular formula is C12H17N3OS. The summed E-state index contributed by atoms with van der Waals surface area (Å²) in [6, 6.07) is 9.89. The second-order valence-electron chi connectivity index (χ2n) is 4.42. The maximum atomic E-state index is 5.56. The average Bonchev–Trinajstić information content (AvgIpc) is 2.29. The Hall–Kier alpha value is -1.17. The molecular weight excluding hydrogens is 234 g/mol. The topological polar surface area (TPSA) is 36.5 Å². The van der Waals surface area contributed by atoms with Gasteiger partial charge in [-0.2, -0.15) is 0 Å². The molecule has 0 spiro atoms. The lowest BCUT2D eigenvalue weighted by Crippen LogP contribution is -2.61. The van der Waals surface area contributed by atoms with Crippen molar-refractivity contribution in [3.05, 3.63) is 30.3 Å². The summed E-state index contributed by atoms with van der Waals surface area (Å²) < 4.78 is 5.56. The molecule has 1 aliphatic heterocycles. The van der Waals surface area contributed by atoms with Crippen molar-refractivity contribution >= 4 is 23.0 Å². The van der Waals surface area contributed by atoms with Crippen molar-refractivity contribution in [2.24, 2.45) is 0 Å². The monoisotopic (exact) mass is 251 g/mol. The molecule has 2 rings (SSSR count). The fourth-order valence-corrected chi connectivity index (χ4v) is 1.92. The van der Waals surface area contributed by atoms with Gasteiger partial charge in [-0.05, 0) is 38.2 Å². The second-order valence-corrected chi connectivity index (χ2v) is 4.81. The van der Waals surface area contributed by atoms with Gasteiger partial charge in [0, 0.05) is 5.69 Å². The molecule has 1 aromatic carbocycles. The van der Waals surface area contributed by atoms with E-state index in [0.29, 0.717) is 11.7 Å².